The van der Waals surface area contributed by atoms with Crippen LogP contribution in [-0.2, 0) is 22.3 Å². The lowest BCUT2D eigenvalue weighted by atomic mass is 10.1. The van der Waals surface area contributed by atoms with Crippen molar-refractivity contribution in [3.8, 4) is 17.3 Å². The van der Waals surface area contributed by atoms with Gasteiger partial charge in [0, 0.05) is 50.5 Å². The molecule has 0 aliphatic carbocycles. The number of nitriles is 1. The number of hydrogen-bond acceptors (Lipinski definition) is 9. The standard InChI is InChI=1S/C26H24ClF3N10O2.CH2O2/c1-15(25(42)38-9-5-32-6-10-38)35-24(41)17-3-2-16(12-19(17)27)36-22-23-34-13-20(40(23)11-7-33-22)18-14-39(8-4-31)37-21(18)26(28,29)30;2-1-3/h2-3,7,11-15,32H,5-6,8-10H2,1H3,(H,33,36)(H,35,41);1H,(H,2,3)/t15-;/m1./s1. The van der Waals surface area contributed by atoms with Gasteiger partial charge in [0.15, 0.2) is 17.2 Å². The molecule has 45 heavy (non-hydrogen) atoms. The summed E-state index contributed by atoms with van der Waals surface area (Å²) in [6.07, 6.45) is 0.482. The summed E-state index contributed by atoms with van der Waals surface area (Å²) in [7, 11) is 0. The number of anilines is 2. The monoisotopic (exact) mass is 646 g/mol. The van der Waals surface area contributed by atoms with E-state index in [0.29, 0.717) is 31.9 Å². The Morgan fingerprint density at radius 2 is 1.98 bits per heavy atom. The SMILES string of the molecule is C[C@@H](NC(=O)c1ccc(Nc2nccn3c(-c4cn(CC#N)nc4C(F)(F)F)cnc23)cc1Cl)C(=O)N1CCNCC1.O=CO. The molecule has 0 radical (unpaired) electrons. The molecule has 0 spiro atoms. The summed E-state index contributed by atoms with van der Waals surface area (Å²) in [6.45, 7) is 3.52. The molecule has 1 aromatic carbocycles. The van der Waals surface area contributed by atoms with Gasteiger partial charge in [-0.2, -0.15) is 23.5 Å². The summed E-state index contributed by atoms with van der Waals surface area (Å²) < 4.78 is 43.5. The van der Waals surface area contributed by atoms with Crippen LogP contribution in [0.5, 0.6) is 0 Å². The minimum atomic E-state index is -4.75. The smallest absolute Gasteiger partial charge is 0.435 e. The zero-order chi connectivity index (χ0) is 32.7. The molecule has 5 rings (SSSR count). The number of carbonyl (C=O) groups is 3. The number of piperazine rings is 1. The van der Waals surface area contributed by atoms with Crippen LogP contribution >= 0.6 is 11.6 Å². The highest BCUT2D eigenvalue weighted by Gasteiger charge is 2.38. The number of benzene rings is 1. The van der Waals surface area contributed by atoms with Gasteiger partial charge in [-0.05, 0) is 25.1 Å². The Morgan fingerprint density at radius 3 is 2.62 bits per heavy atom. The van der Waals surface area contributed by atoms with Crippen LogP contribution in [0.25, 0.3) is 16.9 Å². The molecule has 1 aliphatic heterocycles. The van der Waals surface area contributed by atoms with Gasteiger partial charge >= 0.3 is 6.18 Å². The lowest BCUT2D eigenvalue weighted by Crippen LogP contribution is -2.53. The third-order valence-electron chi connectivity index (χ3n) is 6.59. The van der Waals surface area contributed by atoms with Crippen LogP contribution in [0.2, 0.25) is 5.02 Å². The van der Waals surface area contributed by atoms with Crippen molar-refractivity contribution in [3.05, 3.63) is 59.3 Å². The van der Waals surface area contributed by atoms with E-state index in [-0.39, 0.29) is 52.2 Å². The van der Waals surface area contributed by atoms with Crippen molar-refractivity contribution >= 4 is 47.0 Å². The second kappa shape index (κ2) is 14.1. The van der Waals surface area contributed by atoms with E-state index in [4.69, 9.17) is 26.8 Å². The number of alkyl halides is 3. The highest BCUT2D eigenvalue weighted by molar-refractivity contribution is 6.34. The van der Waals surface area contributed by atoms with Gasteiger partial charge in [-0.25, -0.2) is 9.97 Å². The molecule has 14 nitrogen and oxygen atoms in total. The number of carboxylic acid groups (broad SMARTS) is 1. The number of carbonyl (C=O) groups excluding carboxylic acids is 2. The van der Waals surface area contributed by atoms with E-state index in [1.807, 2.05) is 0 Å². The Bertz CT molecular complexity index is 1740. The molecule has 3 aromatic heterocycles. The van der Waals surface area contributed by atoms with Crippen LogP contribution in [0, 0.1) is 11.3 Å². The Morgan fingerprint density at radius 1 is 1.27 bits per heavy atom. The van der Waals surface area contributed by atoms with Gasteiger partial charge in [-0.15, -0.1) is 0 Å². The number of halogens is 4. The van der Waals surface area contributed by atoms with E-state index in [0.717, 1.165) is 10.9 Å². The zero-order valence-electron chi connectivity index (χ0n) is 23.5. The normalized spacial score (nSPS) is 13.7. The number of imidazole rings is 1. The molecule has 1 saturated heterocycles. The number of amides is 2. The van der Waals surface area contributed by atoms with Gasteiger partial charge in [0.1, 0.15) is 12.6 Å². The fourth-order valence-electron chi connectivity index (χ4n) is 4.59. The second-order valence-electron chi connectivity index (χ2n) is 9.55. The molecular weight excluding hydrogens is 621 g/mol. The second-order valence-corrected chi connectivity index (χ2v) is 9.96. The van der Waals surface area contributed by atoms with Crippen molar-refractivity contribution in [2.45, 2.75) is 25.7 Å². The average Bonchev–Trinajstić information content (AvgIpc) is 3.63. The molecule has 4 heterocycles. The quantitative estimate of drug-likeness (QED) is 0.218. The van der Waals surface area contributed by atoms with Crippen LogP contribution in [0.1, 0.15) is 23.0 Å². The summed E-state index contributed by atoms with van der Waals surface area (Å²) in [4.78, 5) is 44.1. The molecule has 1 aliphatic rings. The van der Waals surface area contributed by atoms with Gasteiger partial charge in [0.25, 0.3) is 12.4 Å². The summed E-state index contributed by atoms with van der Waals surface area (Å²) in [5, 5.41) is 28.3. The number of nitrogens with one attached hydrogen (secondary N) is 3. The predicted molar refractivity (Wildman–Crippen MR) is 155 cm³/mol. The maximum absolute atomic E-state index is 13.7. The highest BCUT2D eigenvalue weighted by Crippen LogP contribution is 2.37. The van der Waals surface area contributed by atoms with Crippen molar-refractivity contribution in [2.75, 3.05) is 31.5 Å². The lowest BCUT2D eigenvalue weighted by molar-refractivity contribution is -0.141. The van der Waals surface area contributed by atoms with E-state index in [1.54, 1.807) is 24.0 Å². The topological polar surface area (TPSA) is 183 Å². The number of nitrogens with zero attached hydrogens (tertiary/aromatic N) is 7. The molecule has 236 valence electrons. The first-order valence-corrected chi connectivity index (χ1v) is 13.6. The minimum Gasteiger partial charge on any atom is -0.483 e. The average molecular weight is 647 g/mol. The third kappa shape index (κ3) is 7.48. The fourth-order valence-corrected chi connectivity index (χ4v) is 4.85. The zero-order valence-corrected chi connectivity index (χ0v) is 24.3. The first-order chi connectivity index (χ1) is 21.5. The largest absolute Gasteiger partial charge is 0.483 e. The number of rotatable bonds is 7. The summed E-state index contributed by atoms with van der Waals surface area (Å²) in [6, 6.07) is 5.58. The molecule has 0 unspecified atom stereocenters. The van der Waals surface area contributed by atoms with E-state index in [1.165, 1.54) is 35.1 Å². The summed E-state index contributed by atoms with van der Waals surface area (Å²) in [5.74, 6) is -0.486. The van der Waals surface area contributed by atoms with Gasteiger partial charge in [-0.3, -0.25) is 23.5 Å². The molecule has 4 N–H and O–H groups in total. The third-order valence-corrected chi connectivity index (χ3v) is 6.90. The van der Waals surface area contributed by atoms with Gasteiger partial charge in [0.05, 0.1) is 34.1 Å². The molecule has 2 amide bonds. The minimum absolute atomic E-state index is 0.0986. The van der Waals surface area contributed by atoms with Crippen molar-refractivity contribution in [1.29, 1.82) is 5.26 Å². The number of aromatic nitrogens is 5. The van der Waals surface area contributed by atoms with E-state index < -0.39 is 23.8 Å². The van der Waals surface area contributed by atoms with E-state index in [2.05, 4.69) is 31.0 Å². The Balaban J connectivity index is 0.00000148. The Hall–Kier alpha value is -5.21. The lowest BCUT2D eigenvalue weighted by Gasteiger charge is -2.30. The van der Waals surface area contributed by atoms with Gasteiger partial charge in [0.2, 0.25) is 5.91 Å². The van der Waals surface area contributed by atoms with Crippen LogP contribution in [0.15, 0.2) is 43.0 Å². The number of fused-ring (bicyclic) bond motifs is 1. The Labute approximate surface area is 258 Å². The Kier molecular flexibility index (Phi) is 10.2. The van der Waals surface area contributed by atoms with Crippen LogP contribution < -0.4 is 16.0 Å². The van der Waals surface area contributed by atoms with Crippen molar-refractivity contribution < 1.29 is 32.7 Å². The fraction of sp³-hybridized carbons (Fsp3) is 0.296. The maximum Gasteiger partial charge on any atom is 0.435 e. The molecule has 1 fully saturated rings. The molecule has 18 heteroatoms. The van der Waals surface area contributed by atoms with Crippen LogP contribution in [-0.4, -0.2) is 84.7 Å². The van der Waals surface area contributed by atoms with Crippen molar-refractivity contribution in [2.24, 2.45) is 0 Å². The maximum atomic E-state index is 13.7. The van der Waals surface area contributed by atoms with E-state index >= 15 is 0 Å². The number of hydrogen-bond donors (Lipinski definition) is 4. The molecular formula is C27H26ClF3N10O4. The molecule has 0 saturated carbocycles. The first kappa shape index (κ1) is 32.7. The molecule has 0 bridgehead atoms. The summed E-state index contributed by atoms with van der Waals surface area (Å²) in [5.41, 5.74) is -0.482. The molecule has 1 atom stereocenters. The first-order valence-electron chi connectivity index (χ1n) is 13.3. The van der Waals surface area contributed by atoms with Crippen molar-refractivity contribution in [3.63, 3.8) is 0 Å². The highest BCUT2D eigenvalue weighted by atomic mass is 35.5. The predicted octanol–water partition coefficient (Wildman–Crippen LogP) is 2.78. The van der Waals surface area contributed by atoms with Gasteiger partial charge in [-0.1, -0.05) is 11.6 Å². The van der Waals surface area contributed by atoms with E-state index in [9.17, 15) is 22.8 Å². The summed E-state index contributed by atoms with van der Waals surface area (Å²) >= 11 is 6.41. The van der Waals surface area contributed by atoms with Crippen LogP contribution in [0.4, 0.5) is 24.7 Å². The van der Waals surface area contributed by atoms with Crippen molar-refractivity contribution in [1.82, 2.24) is 39.7 Å². The van der Waals surface area contributed by atoms with Crippen LogP contribution in [0.3, 0.4) is 0 Å². The molecule has 4 aromatic rings. The van der Waals surface area contributed by atoms with Gasteiger partial charge < -0.3 is 26.0 Å².